The summed E-state index contributed by atoms with van der Waals surface area (Å²) in [7, 11) is 2.79. The van der Waals surface area contributed by atoms with E-state index in [2.05, 4.69) is 0 Å². The Morgan fingerprint density at radius 3 is 2.27 bits per heavy atom. The first-order valence-electron chi connectivity index (χ1n) is 10.8. The summed E-state index contributed by atoms with van der Waals surface area (Å²) in [5, 5.41) is 0.431. The van der Waals surface area contributed by atoms with Crippen molar-refractivity contribution in [2.75, 3.05) is 14.2 Å². The van der Waals surface area contributed by atoms with Gasteiger partial charge in [0.05, 0.1) is 25.7 Å². The van der Waals surface area contributed by atoms with Crippen LogP contribution < -0.4 is 4.74 Å². The van der Waals surface area contributed by atoms with Crippen molar-refractivity contribution in [3.05, 3.63) is 59.5 Å². The number of fused-ring (bicyclic) bond motifs is 1. The number of benzene rings is 2. The number of nitrogens with zero attached hydrogens (tertiary/aromatic N) is 1. The normalized spacial score (nSPS) is 24.4. The van der Waals surface area contributed by atoms with E-state index in [9.17, 15) is 22.4 Å². The number of methoxy groups -OCH3 is 2. The van der Waals surface area contributed by atoms with Crippen LogP contribution in [0.4, 0.5) is 17.6 Å². The molecule has 3 aromatic rings. The summed E-state index contributed by atoms with van der Waals surface area (Å²) in [4.78, 5) is 11.8. The van der Waals surface area contributed by atoms with Crippen molar-refractivity contribution in [2.45, 2.75) is 37.8 Å². The molecule has 2 fully saturated rings. The van der Waals surface area contributed by atoms with Gasteiger partial charge in [-0.1, -0.05) is 6.07 Å². The van der Waals surface area contributed by atoms with E-state index < -0.39 is 17.7 Å². The van der Waals surface area contributed by atoms with Gasteiger partial charge in [0.25, 0.3) is 0 Å². The van der Waals surface area contributed by atoms with Crippen molar-refractivity contribution in [3.8, 4) is 11.4 Å². The van der Waals surface area contributed by atoms with Gasteiger partial charge in [-0.25, -0.2) is 4.39 Å². The van der Waals surface area contributed by atoms with Crippen LogP contribution >= 0.6 is 0 Å². The fraction of sp³-hybridized carbons (Fsp3) is 0.400. The molecule has 33 heavy (non-hydrogen) atoms. The van der Waals surface area contributed by atoms with Crippen molar-refractivity contribution in [1.82, 2.24) is 4.57 Å². The van der Waals surface area contributed by atoms with Gasteiger partial charge in [-0.15, -0.1) is 0 Å². The Balaban J connectivity index is 1.64. The Morgan fingerprint density at radius 2 is 1.70 bits per heavy atom. The Kier molecular flexibility index (Phi) is 4.95. The maximum absolute atomic E-state index is 14.6. The van der Waals surface area contributed by atoms with E-state index in [-0.39, 0.29) is 34.5 Å². The molecule has 0 atom stereocenters. The highest BCUT2D eigenvalue weighted by Crippen LogP contribution is 2.66. The lowest BCUT2D eigenvalue weighted by Gasteiger charge is -2.57. The average Bonchev–Trinajstić information content (AvgIpc) is 3.07. The molecule has 2 saturated carbocycles. The molecule has 1 heterocycles. The smallest absolute Gasteiger partial charge is 0.432 e. The summed E-state index contributed by atoms with van der Waals surface area (Å²) < 4.78 is 68.7. The first kappa shape index (κ1) is 21.8. The lowest BCUT2D eigenvalue weighted by molar-refractivity contribution is -0.159. The second kappa shape index (κ2) is 7.50. The molecule has 5 rings (SSSR count). The zero-order valence-corrected chi connectivity index (χ0v) is 18.2. The molecule has 8 heteroatoms. The van der Waals surface area contributed by atoms with Gasteiger partial charge >= 0.3 is 12.1 Å². The second-order valence-corrected chi connectivity index (χ2v) is 9.16. The highest BCUT2D eigenvalue weighted by Gasteiger charge is 2.57. The highest BCUT2D eigenvalue weighted by molar-refractivity contribution is 5.93. The van der Waals surface area contributed by atoms with Crippen LogP contribution in [0.2, 0.25) is 0 Å². The number of carbonyl (C=O) groups is 1. The van der Waals surface area contributed by atoms with E-state index in [1.54, 1.807) is 18.2 Å². The molecule has 1 spiro atoms. The van der Waals surface area contributed by atoms with E-state index in [0.717, 1.165) is 16.7 Å². The standard InChI is InChI=1S/C25H23F4NO3/c1-32-19-5-3-4-18-21(19)20(14-10-24(11-14)12-15(13-24)23(31)33-2)22(25(27,28)29)30(18)17-8-6-16(26)7-9-17/h3-9,14-15H,10-13H2,1-2H3. The van der Waals surface area contributed by atoms with E-state index in [1.165, 1.54) is 26.4 Å². The van der Waals surface area contributed by atoms with Crippen molar-refractivity contribution in [3.63, 3.8) is 0 Å². The lowest BCUT2D eigenvalue weighted by atomic mass is 9.47. The van der Waals surface area contributed by atoms with Gasteiger partial charge in [0.2, 0.25) is 0 Å². The number of carbonyl (C=O) groups excluding carboxylic acids is 1. The summed E-state index contributed by atoms with van der Waals surface area (Å²) in [6, 6.07) is 9.95. The van der Waals surface area contributed by atoms with Gasteiger partial charge in [0, 0.05) is 11.1 Å². The minimum Gasteiger partial charge on any atom is -0.496 e. The topological polar surface area (TPSA) is 40.5 Å². The molecule has 0 bridgehead atoms. The molecular formula is C25H23F4NO3. The Bertz CT molecular complexity index is 1220. The predicted octanol–water partition coefficient (Wildman–Crippen LogP) is 6.24. The van der Waals surface area contributed by atoms with Gasteiger partial charge in [0.1, 0.15) is 17.3 Å². The van der Waals surface area contributed by atoms with Crippen LogP contribution in [0.5, 0.6) is 5.75 Å². The van der Waals surface area contributed by atoms with Crippen molar-refractivity contribution in [1.29, 1.82) is 0 Å². The van der Waals surface area contributed by atoms with Crippen LogP contribution in [0.1, 0.15) is 42.9 Å². The molecule has 2 aromatic carbocycles. The van der Waals surface area contributed by atoms with Gasteiger partial charge in [-0.05, 0) is 79.0 Å². The van der Waals surface area contributed by atoms with Crippen LogP contribution in [0.3, 0.4) is 0 Å². The van der Waals surface area contributed by atoms with Gasteiger partial charge in [-0.2, -0.15) is 13.2 Å². The molecular weight excluding hydrogens is 438 g/mol. The Labute approximate surface area is 188 Å². The van der Waals surface area contributed by atoms with Crippen LogP contribution in [-0.2, 0) is 15.7 Å². The summed E-state index contributed by atoms with van der Waals surface area (Å²) in [5.41, 5.74) is -0.0516. The molecule has 0 aliphatic heterocycles. The Hall–Kier alpha value is -3.03. The van der Waals surface area contributed by atoms with E-state index in [0.29, 0.717) is 42.3 Å². The summed E-state index contributed by atoms with van der Waals surface area (Å²) in [6.07, 6.45) is -2.20. The minimum atomic E-state index is -4.63. The molecule has 2 aliphatic carbocycles. The lowest BCUT2D eigenvalue weighted by Crippen LogP contribution is -2.49. The van der Waals surface area contributed by atoms with Crippen LogP contribution in [0, 0.1) is 17.2 Å². The number of halogens is 4. The SMILES string of the molecule is COC(=O)C1CC2(C1)CC(c1c(C(F)(F)F)n(-c3ccc(F)cc3)c3cccc(OC)c13)C2. The van der Waals surface area contributed by atoms with Crippen LogP contribution in [0.25, 0.3) is 16.6 Å². The average molecular weight is 461 g/mol. The Morgan fingerprint density at radius 1 is 1.03 bits per heavy atom. The van der Waals surface area contributed by atoms with Crippen molar-refractivity contribution < 1.29 is 31.8 Å². The molecule has 0 amide bonds. The number of hydrogen-bond donors (Lipinski definition) is 0. The quantitative estimate of drug-likeness (QED) is 0.341. The number of alkyl halides is 3. The third kappa shape index (κ3) is 3.38. The maximum atomic E-state index is 14.6. The van der Waals surface area contributed by atoms with E-state index in [1.807, 2.05) is 0 Å². The van der Waals surface area contributed by atoms with E-state index in [4.69, 9.17) is 9.47 Å². The third-order valence-electron chi connectivity index (χ3n) is 7.23. The van der Waals surface area contributed by atoms with Gasteiger partial charge < -0.3 is 14.0 Å². The number of rotatable bonds is 4. The van der Waals surface area contributed by atoms with Crippen molar-refractivity contribution >= 4 is 16.9 Å². The first-order valence-corrected chi connectivity index (χ1v) is 10.8. The monoisotopic (exact) mass is 461 g/mol. The molecule has 0 radical (unpaired) electrons. The van der Waals surface area contributed by atoms with E-state index >= 15 is 0 Å². The van der Waals surface area contributed by atoms with Crippen LogP contribution in [-0.4, -0.2) is 24.8 Å². The molecule has 1 aromatic heterocycles. The zero-order valence-electron chi connectivity index (χ0n) is 18.2. The molecule has 0 N–H and O–H groups in total. The third-order valence-corrected chi connectivity index (χ3v) is 7.23. The first-order chi connectivity index (χ1) is 15.7. The zero-order chi connectivity index (χ0) is 23.5. The number of aromatic nitrogens is 1. The molecule has 0 unspecified atom stereocenters. The molecule has 2 aliphatic rings. The number of hydrogen-bond acceptors (Lipinski definition) is 3. The van der Waals surface area contributed by atoms with Gasteiger partial charge in [0.15, 0.2) is 0 Å². The fourth-order valence-corrected chi connectivity index (χ4v) is 5.88. The maximum Gasteiger partial charge on any atom is 0.432 e. The second-order valence-electron chi connectivity index (χ2n) is 9.16. The largest absolute Gasteiger partial charge is 0.496 e. The summed E-state index contributed by atoms with van der Waals surface area (Å²) in [5.74, 6) is -0.896. The van der Waals surface area contributed by atoms with Crippen LogP contribution in [0.15, 0.2) is 42.5 Å². The summed E-state index contributed by atoms with van der Waals surface area (Å²) in [6.45, 7) is 0. The fourth-order valence-electron chi connectivity index (χ4n) is 5.88. The minimum absolute atomic E-state index is 0.112. The predicted molar refractivity (Wildman–Crippen MR) is 114 cm³/mol. The number of esters is 1. The van der Waals surface area contributed by atoms with Gasteiger partial charge in [-0.3, -0.25) is 4.79 Å². The number of ether oxygens (including phenoxy) is 2. The molecule has 0 saturated heterocycles. The summed E-state index contributed by atoms with van der Waals surface area (Å²) >= 11 is 0. The molecule has 4 nitrogen and oxygen atoms in total. The highest BCUT2D eigenvalue weighted by atomic mass is 19.4. The molecule has 174 valence electrons. The van der Waals surface area contributed by atoms with Crippen molar-refractivity contribution in [2.24, 2.45) is 11.3 Å².